The van der Waals surface area contributed by atoms with Gasteiger partial charge in [0.05, 0.1) is 11.3 Å². The Labute approximate surface area is 109 Å². The Balaban J connectivity index is 2.00. The van der Waals surface area contributed by atoms with Crippen LogP contribution < -0.4 is 11.1 Å². The second kappa shape index (κ2) is 5.34. The molecule has 0 amide bonds. The number of aromatic carboxylic acids is 1. The van der Waals surface area contributed by atoms with Gasteiger partial charge in [0.15, 0.2) is 5.82 Å². The first-order valence-electron chi connectivity index (χ1n) is 5.64. The van der Waals surface area contributed by atoms with Crippen molar-refractivity contribution in [2.75, 3.05) is 17.6 Å². The van der Waals surface area contributed by atoms with E-state index in [0.29, 0.717) is 24.6 Å². The Hall–Kier alpha value is -2.64. The number of rotatable bonds is 5. The second-order valence-corrected chi connectivity index (χ2v) is 3.94. The van der Waals surface area contributed by atoms with E-state index in [2.05, 4.69) is 20.4 Å². The SMILES string of the molecule is Cn1cnc(CCNc2nccc(C(=O)O)c2N)n1. The lowest BCUT2D eigenvalue weighted by molar-refractivity contribution is 0.0698. The van der Waals surface area contributed by atoms with Gasteiger partial charge >= 0.3 is 5.97 Å². The molecule has 0 aliphatic carbocycles. The van der Waals surface area contributed by atoms with E-state index in [4.69, 9.17) is 10.8 Å². The second-order valence-electron chi connectivity index (χ2n) is 3.94. The molecule has 0 saturated carbocycles. The van der Waals surface area contributed by atoms with Gasteiger partial charge in [-0.05, 0) is 6.07 Å². The topological polar surface area (TPSA) is 119 Å². The standard InChI is InChI=1S/C11H14N6O2/c1-17-6-15-8(16-17)3-5-14-10-9(12)7(11(18)19)2-4-13-10/h2,4,6H,3,5,12H2,1H3,(H,13,14)(H,18,19). The Morgan fingerprint density at radius 2 is 2.32 bits per heavy atom. The number of nitrogens with zero attached hydrogens (tertiary/aromatic N) is 4. The van der Waals surface area contributed by atoms with Gasteiger partial charge < -0.3 is 16.2 Å². The minimum atomic E-state index is -1.07. The maximum Gasteiger partial charge on any atom is 0.337 e. The number of carboxylic acid groups (broad SMARTS) is 1. The lowest BCUT2D eigenvalue weighted by atomic mass is 10.2. The van der Waals surface area contributed by atoms with E-state index in [0.717, 1.165) is 0 Å². The maximum atomic E-state index is 10.9. The van der Waals surface area contributed by atoms with Crippen molar-refractivity contribution >= 4 is 17.5 Å². The molecule has 0 saturated heterocycles. The number of nitrogens with one attached hydrogen (secondary N) is 1. The van der Waals surface area contributed by atoms with Crippen LogP contribution in [0, 0.1) is 0 Å². The third kappa shape index (κ3) is 2.97. The molecular formula is C11H14N6O2. The molecule has 19 heavy (non-hydrogen) atoms. The van der Waals surface area contributed by atoms with E-state index < -0.39 is 5.97 Å². The zero-order valence-corrected chi connectivity index (χ0v) is 10.4. The number of carbonyl (C=O) groups is 1. The summed E-state index contributed by atoms with van der Waals surface area (Å²) in [5.74, 6) is -0.0202. The molecule has 2 aromatic heterocycles. The van der Waals surface area contributed by atoms with Crippen LogP contribution in [0.5, 0.6) is 0 Å². The number of nitrogens with two attached hydrogens (primary N) is 1. The van der Waals surface area contributed by atoms with Crippen molar-refractivity contribution in [2.45, 2.75) is 6.42 Å². The molecule has 2 rings (SSSR count). The average molecular weight is 262 g/mol. The summed E-state index contributed by atoms with van der Waals surface area (Å²) in [7, 11) is 1.79. The summed E-state index contributed by atoms with van der Waals surface area (Å²) in [5.41, 5.74) is 5.89. The number of nitrogen functional groups attached to an aromatic ring is 1. The summed E-state index contributed by atoms with van der Waals surface area (Å²) >= 11 is 0. The lowest BCUT2D eigenvalue weighted by Crippen LogP contribution is -2.12. The van der Waals surface area contributed by atoms with Crippen LogP contribution in [-0.2, 0) is 13.5 Å². The zero-order valence-electron chi connectivity index (χ0n) is 10.4. The van der Waals surface area contributed by atoms with Gasteiger partial charge in [0.2, 0.25) is 0 Å². The van der Waals surface area contributed by atoms with Gasteiger partial charge in [0, 0.05) is 26.2 Å². The first-order chi connectivity index (χ1) is 9.08. The van der Waals surface area contributed by atoms with E-state index in [1.807, 2.05) is 0 Å². The molecule has 0 unspecified atom stereocenters. The molecule has 0 bridgehead atoms. The minimum absolute atomic E-state index is 0.0356. The summed E-state index contributed by atoms with van der Waals surface area (Å²) in [6.45, 7) is 0.518. The predicted octanol–water partition coefficient (Wildman–Crippen LogP) is 0.145. The van der Waals surface area contributed by atoms with Crippen molar-refractivity contribution in [3.05, 3.63) is 30.0 Å². The first kappa shape index (κ1) is 12.8. The molecule has 8 nitrogen and oxygen atoms in total. The Morgan fingerprint density at radius 3 is 2.95 bits per heavy atom. The molecule has 2 aromatic rings. The van der Waals surface area contributed by atoms with Gasteiger partial charge in [-0.25, -0.2) is 14.8 Å². The van der Waals surface area contributed by atoms with Crippen LogP contribution in [0.15, 0.2) is 18.6 Å². The summed E-state index contributed by atoms with van der Waals surface area (Å²) in [6, 6.07) is 1.36. The lowest BCUT2D eigenvalue weighted by Gasteiger charge is -2.08. The van der Waals surface area contributed by atoms with E-state index in [-0.39, 0.29) is 11.3 Å². The monoisotopic (exact) mass is 262 g/mol. The molecule has 0 radical (unpaired) electrons. The molecule has 100 valence electrons. The number of hydrogen-bond donors (Lipinski definition) is 3. The zero-order chi connectivity index (χ0) is 13.8. The van der Waals surface area contributed by atoms with Gasteiger partial charge in [-0.3, -0.25) is 4.68 Å². The fraction of sp³-hybridized carbons (Fsp3) is 0.273. The molecule has 0 aliphatic rings. The van der Waals surface area contributed by atoms with Gasteiger partial charge in [-0.2, -0.15) is 5.10 Å². The summed E-state index contributed by atoms with van der Waals surface area (Å²) < 4.78 is 1.62. The highest BCUT2D eigenvalue weighted by Gasteiger charge is 2.11. The maximum absolute atomic E-state index is 10.9. The Kier molecular flexibility index (Phi) is 3.60. The quantitative estimate of drug-likeness (QED) is 0.701. The van der Waals surface area contributed by atoms with Crippen molar-refractivity contribution in [2.24, 2.45) is 7.05 Å². The predicted molar refractivity (Wildman–Crippen MR) is 68.8 cm³/mol. The summed E-state index contributed by atoms with van der Waals surface area (Å²) in [6.07, 6.45) is 3.62. The molecule has 0 fully saturated rings. The van der Waals surface area contributed by atoms with Crippen molar-refractivity contribution in [1.29, 1.82) is 0 Å². The number of aromatic nitrogens is 4. The molecule has 0 aromatic carbocycles. The molecule has 0 aliphatic heterocycles. The Morgan fingerprint density at radius 1 is 1.53 bits per heavy atom. The van der Waals surface area contributed by atoms with Crippen LogP contribution in [0.4, 0.5) is 11.5 Å². The fourth-order valence-corrected chi connectivity index (χ4v) is 1.59. The van der Waals surface area contributed by atoms with E-state index in [1.165, 1.54) is 12.3 Å². The normalized spacial score (nSPS) is 10.4. The van der Waals surface area contributed by atoms with E-state index in [1.54, 1.807) is 18.1 Å². The van der Waals surface area contributed by atoms with Crippen molar-refractivity contribution < 1.29 is 9.90 Å². The Bertz CT molecular complexity index is 595. The molecule has 0 spiro atoms. The van der Waals surface area contributed by atoms with Gasteiger partial charge in [-0.15, -0.1) is 0 Å². The number of anilines is 2. The van der Waals surface area contributed by atoms with Crippen molar-refractivity contribution in [1.82, 2.24) is 19.7 Å². The fourth-order valence-electron chi connectivity index (χ4n) is 1.59. The molecule has 2 heterocycles. The van der Waals surface area contributed by atoms with Crippen LogP contribution in [0.1, 0.15) is 16.2 Å². The number of carboxylic acids is 1. The van der Waals surface area contributed by atoms with Crippen LogP contribution in [0.25, 0.3) is 0 Å². The van der Waals surface area contributed by atoms with Crippen molar-refractivity contribution in [3.63, 3.8) is 0 Å². The molecular weight excluding hydrogens is 248 g/mol. The summed E-state index contributed by atoms with van der Waals surface area (Å²) in [5, 5.41) is 16.0. The highest BCUT2D eigenvalue weighted by molar-refractivity contribution is 5.96. The largest absolute Gasteiger partial charge is 0.478 e. The minimum Gasteiger partial charge on any atom is -0.478 e. The van der Waals surface area contributed by atoms with Gasteiger partial charge in [0.1, 0.15) is 12.1 Å². The smallest absolute Gasteiger partial charge is 0.337 e. The molecule has 8 heteroatoms. The van der Waals surface area contributed by atoms with Crippen LogP contribution in [-0.4, -0.2) is 37.4 Å². The van der Waals surface area contributed by atoms with Crippen molar-refractivity contribution in [3.8, 4) is 0 Å². The van der Waals surface area contributed by atoms with Gasteiger partial charge in [0.25, 0.3) is 0 Å². The highest BCUT2D eigenvalue weighted by Crippen LogP contribution is 2.19. The molecule has 0 atom stereocenters. The van der Waals surface area contributed by atoms with Crippen LogP contribution >= 0.6 is 0 Å². The van der Waals surface area contributed by atoms with Gasteiger partial charge in [-0.1, -0.05) is 0 Å². The molecule has 4 N–H and O–H groups in total. The third-order valence-electron chi connectivity index (χ3n) is 2.51. The third-order valence-corrected chi connectivity index (χ3v) is 2.51. The van der Waals surface area contributed by atoms with Crippen LogP contribution in [0.2, 0.25) is 0 Å². The van der Waals surface area contributed by atoms with E-state index >= 15 is 0 Å². The van der Waals surface area contributed by atoms with E-state index in [9.17, 15) is 4.79 Å². The number of hydrogen-bond acceptors (Lipinski definition) is 6. The van der Waals surface area contributed by atoms with Crippen LogP contribution in [0.3, 0.4) is 0 Å². The average Bonchev–Trinajstić information content (AvgIpc) is 2.77. The number of aryl methyl sites for hydroxylation is 1. The summed E-state index contributed by atoms with van der Waals surface area (Å²) in [4.78, 5) is 19.0. The highest BCUT2D eigenvalue weighted by atomic mass is 16.4. The first-order valence-corrected chi connectivity index (χ1v) is 5.64. The number of pyridine rings is 1.